The summed E-state index contributed by atoms with van der Waals surface area (Å²) in [6, 6.07) is 7.63. The first-order chi connectivity index (χ1) is 8.02. The van der Waals surface area contributed by atoms with Crippen LogP contribution >= 0.6 is 11.6 Å². The molecule has 0 spiro atoms. The molecule has 1 aromatic carbocycles. The quantitative estimate of drug-likeness (QED) is 0.647. The third-order valence-corrected chi connectivity index (χ3v) is 3.48. The molecule has 90 valence electrons. The van der Waals surface area contributed by atoms with E-state index in [-0.39, 0.29) is 5.91 Å². The Morgan fingerprint density at radius 1 is 1.18 bits per heavy atom. The zero-order chi connectivity index (χ0) is 12.6. The van der Waals surface area contributed by atoms with Crippen molar-refractivity contribution >= 4 is 23.4 Å². The molecule has 1 aliphatic heterocycles. The maximum absolute atomic E-state index is 11.8. The first-order valence-corrected chi connectivity index (χ1v) is 6.03. The van der Waals surface area contributed by atoms with Crippen LogP contribution in [0, 0.1) is 0 Å². The van der Waals surface area contributed by atoms with Crippen LogP contribution in [0.1, 0.15) is 36.8 Å². The first kappa shape index (κ1) is 12.1. The number of benzene rings is 1. The highest BCUT2D eigenvalue weighted by Gasteiger charge is 2.42. The fraction of sp³-hybridized carbons (Fsp3) is 0.385. The van der Waals surface area contributed by atoms with E-state index in [0.717, 1.165) is 11.1 Å². The van der Waals surface area contributed by atoms with Gasteiger partial charge in [0.15, 0.2) is 0 Å². The van der Waals surface area contributed by atoms with Gasteiger partial charge in [0, 0.05) is 0 Å². The van der Waals surface area contributed by atoms with Gasteiger partial charge >= 0.3 is 0 Å². The van der Waals surface area contributed by atoms with E-state index in [2.05, 4.69) is 19.2 Å². The maximum atomic E-state index is 11.8. The van der Waals surface area contributed by atoms with Crippen LogP contribution in [0.4, 0.5) is 0 Å². The monoisotopic (exact) mass is 251 g/mol. The van der Waals surface area contributed by atoms with Crippen molar-refractivity contribution in [1.82, 2.24) is 5.32 Å². The normalized spacial score (nSPS) is 24.2. The molecular formula is C13H14ClNO2. The highest BCUT2D eigenvalue weighted by molar-refractivity contribution is 6.37. The lowest BCUT2D eigenvalue weighted by atomic mass is 9.88. The topological polar surface area (TPSA) is 46.2 Å². The van der Waals surface area contributed by atoms with Crippen molar-refractivity contribution < 1.29 is 9.59 Å². The summed E-state index contributed by atoms with van der Waals surface area (Å²) in [5, 5.41) is 1.47. The molecule has 2 atom stereocenters. The van der Waals surface area contributed by atoms with E-state index in [9.17, 15) is 9.59 Å². The molecule has 1 saturated heterocycles. The van der Waals surface area contributed by atoms with Gasteiger partial charge < -0.3 is 0 Å². The van der Waals surface area contributed by atoms with Gasteiger partial charge in [-0.1, -0.05) is 38.1 Å². The predicted molar refractivity (Wildman–Crippen MR) is 66.1 cm³/mol. The summed E-state index contributed by atoms with van der Waals surface area (Å²) in [7, 11) is 0. The third kappa shape index (κ3) is 2.07. The number of halogens is 1. The second-order valence-electron chi connectivity index (χ2n) is 4.52. The van der Waals surface area contributed by atoms with Gasteiger partial charge in [-0.05, 0) is 17.0 Å². The van der Waals surface area contributed by atoms with Crippen LogP contribution in [0.3, 0.4) is 0 Å². The number of hydrogen-bond donors (Lipinski definition) is 1. The Balaban J connectivity index is 2.47. The summed E-state index contributed by atoms with van der Waals surface area (Å²) in [4.78, 5) is 23.1. The summed E-state index contributed by atoms with van der Waals surface area (Å²) < 4.78 is 0. The van der Waals surface area contributed by atoms with Gasteiger partial charge in [-0.2, -0.15) is 0 Å². The molecule has 2 rings (SSSR count). The van der Waals surface area contributed by atoms with Crippen molar-refractivity contribution in [3.63, 3.8) is 0 Å². The Morgan fingerprint density at radius 2 is 1.82 bits per heavy atom. The van der Waals surface area contributed by atoms with E-state index in [1.165, 1.54) is 0 Å². The van der Waals surface area contributed by atoms with E-state index < -0.39 is 17.2 Å². The van der Waals surface area contributed by atoms with Crippen molar-refractivity contribution in [2.75, 3.05) is 0 Å². The minimum atomic E-state index is -0.803. The molecule has 4 heteroatoms. The van der Waals surface area contributed by atoms with Gasteiger partial charge in [0.25, 0.3) is 0 Å². The van der Waals surface area contributed by atoms with Crippen molar-refractivity contribution in [2.45, 2.75) is 31.1 Å². The van der Waals surface area contributed by atoms with E-state index >= 15 is 0 Å². The summed E-state index contributed by atoms with van der Waals surface area (Å²) in [6.07, 6.45) is 0. The molecule has 0 saturated carbocycles. The Hall–Kier alpha value is -1.35. The molecule has 0 radical (unpaired) electrons. The second-order valence-corrected chi connectivity index (χ2v) is 4.99. The first-order valence-electron chi connectivity index (χ1n) is 5.60. The maximum Gasteiger partial charge on any atom is 0.245 e. The molecule has 1 fully saturated rings. The van der Waals surface area contributed by atoms with Gasteiger partial charge in [-0.15, -0.1) is 11.6 Å². The van der Waals surface area contributed by atoms with Crippen molar-refractivity contribution in [3.8, 4) is 0 Å². The molecule has 1 heterocycles. The van der Waals surface area contributed by atoms with Crippen LogP contribution in [0.15, 0.2) is 24.3 Å². The van der Waals surface area contributed by atoms with Crippen LogP contribution in [0.2, 0.25) is 0 Å². The van der Waals surface area contributed by atoms with Crippen LogP contribution in [0.5, 0.6) is 0 Å². The molecule has 0 aromatic heterocycles. The smallest absolute Gasteiger partial charge is 0.245 e. The number of imide groups is 1. The predicted octanol–water partition coefficient (Wildman–Crippen LogP) is 2.16. The SMILES string of the molecule is CC(C)c1ccccc1C1C(=O)NC(=O)C1Cl. The second kappa shape index (κ2) is 4.49. The lowest BCUT2D eigenvalue weighted by Gasteiger charge is -2.17. The molecule has 0 bridgehead atoms. The number of alkyl halides is 1. The average molecular weight is 252 g/mol. The Labute approximate surface area is 105 Å². The molecule has 17 heavy (non-hydrogen) atoms. The average Bonchev–Trinajstić information content (AvgIpc) is 2.53. The molecular weight excluding hydrogens is 238 g/mol. The zero-order valence-corrected chi connectivity index (χ0v) is 10.5. The molecule has 2 amide bonds. The highest BCUT2D eigenvalue weighted by Crippen LogP contribution is 2.33. The van der Waals surface area contributed by atoms with Crippen LogP contribution in [-0.2, 0) is 9.59 Å². The van der Waals surface area contributed by atoms with Crippen LogP contribution in [0.25, 0.3) is 0 Å². The number of nitrogens with one attached hydrogen (secondary N) is 1. The van der Waals surface area contributed by atoms with Gasteiger partial charge in [-0.3, -0.25) is 14.9 Å². The number of carbonyl (C=O) groups excluding carboxylic acids is 2. The fourth-order valence-electron chi connectivity index (χ4n) is 2.17. The zero-order valence-electron chi connectivity index (χ0n) is 9.74. The van der Waals surface area contributed by atoms with E-state index in [1.54, 1.807) is 0 Å². The summed E-state index contributed by atoms with van der Waals surface area (Å²) >= 11 is 6.00. The van der Waals surface area contributed by atoms with Crippen LogP contribution in [-0.4, -0.2) is 17.2 Å². The fourth-order valence-corrected chi connectivity index (χ4v) is 2.48. The van der Waals surface area contributed by atoms with Crippen LogP contribution < -0.4 is 5.32 Å². The molecule has 0 aliphatic carbocycles. The molecule has 1 N–H and O–H groups in total. The molecule has 1 aliphatic rings. The van der Waals surface area contributed by atoms with E-state index in [1.807, 2.05) is 24.3 Å². The molecule has 1 aromatic rings. The van der Waals surface area contributed by atoms with Crippen molar-refractivity contribution in [1.29, 1.82) is 0 Å². The standard InChI is InChI=1S/C13H14ClNO2/c1-7(2)8-5-3-4-6-9(8)10-11(14)13(17)15-12(10)16/h3-7,10-11H,1-2H3,(H,15,16,17). The van der Waals surface area contributed by atoms with E-state index in [0.29, 0.717) is 5.92 Å². The van der Waals surface area contributed by atoms with Gasteiger partial charge in [0.2, 0.25) is 11.8 Å². The molecule has 2 unspecified atom stereocenters. The lowest BCUT2D eigenvalue weighted by Crippen LogP contribution is -2.22. The van der Waals surface area contributed by atoms with E-state index in [4.69, 9.17) is 11.6 Å². The number of hydrogen-bond acceptors (Lipinski definition) is 2. The summed E-state index contributed by atoms with van der Waals surface area (Å²) in [6.45, 7) is 4.10. The Morgan fingerprint density at radius 3 is 2.35 bits per heavy atom. The number of amides is 2. The summed E-state index contributed by atoms with van der Waals surface area (Å²) in [5.41, 5.74) is 1.92. The molecule has 3 nitrogen and oxygen atoms in total. The summed E-state index contributed by atoms with van der Waals surface area (Å²) in [5.74, 6) is -0.982. The van der Waals surface area contributed by atoms with Gasteiger partial charge in [0.1, 0.15) is 5.38 Å². The number of carbonyl (C=O) groups is 2. The highest BCUT2D eigenvalue weighted by atomic mass is 35.5. The largest absolute Gasteiger partial charge is 0.295 e. The number of rotatable bonds is 2. The van der Waals surface area contributed by atoms with Crippen molar-refractivity contribution in [2.24, 2.45) is 0 Å². The Kier molecular flexibility index (Phi) is 3.20. The minimum absolute atomic E-state index is 0.290. The lowest BCUT2D eigenvalue weighted by molar-refractivity contribution is -0.125. The third-order valence-electron chi connectivity index (χ3n) is 3.03. The van der Waals surface area contributed by atoms with Crippen molar-refractivity contribution in [3.05, 3.63) is 35.4 Å². The van der Waals surface area contributed by atoms with Gasteiger partial charge in [-0.25, -0.2) is 0 Å². The van der Waals surface area contributed by atoms with Gasteiger partial charge in [0.05, 0.1) is 5.92 Å². The Bertz CT molecular complexity index is 470. The minimum Gasteiger partial charge on any atom is -0.295 e.